The molecule has 0 bridgehead atoms. The minimum absolute atomic E-state index is 0. The van der Waals surface area contributed by atoms with E-state index in [4.69, 9.17) is 16.0 Å². The van der Waals surface area contributed by atoms with Crippen LogP contribution < -0.4 is 10.6 Å². The zero-order chi connectivity index (χ0) is 18.2. The second-order valence-corrected chi connectivity index (χ2v) is 6.80. The maximum Gasteiger partial charge on any atom is 0.220 e. The Bertz CT molecular complexity index is 721. The minimum Gasteiger partial charge on any atom is -0.441 e. The average Bonchev–Trinajstić information content (AvgIpc) is 3.13. The third kappa shape index (κ3) is 7.60. The van der Waals surface area contributed by atoms with Gasteiger partial charge >= 0.3 is 0 Å². The van der Waals surface area contributed by atoms with Gasteiger partial charge in [0.25, 0.3) is 0 Å². The van der Waals surface area contributed by atoms with Crippen LogP contribution in [0.5, 0.6) is 0 Å². The second-order valence-electron chi connectivity index (χ2n) is 6.39. The first-order valence-electron chi connectivity index (χ1n) is 9.12. The third-order valence-electron chi connectivity index (χ3n) is 4.44. The Kier molecular flexibility index (Phi) is 11.5. The van der Waals surface area contributed by atoms with Gasteiger partial charge in [0.1, 0.15) is 0 Å². The normalized spacial score (nSPS) is 14.0. The van der Waals surface area contributed by atoms with Crippen molar-refractivity contribution in [1.29, 1.82) is 0 Å². The number of aromatic nitrogens is 1. The quantitative estimate of drug-likeness (QED) is 0.606. The maximum absolute atomic E-state index is 12.0. The fraction of sp³-hybridized carbons (Fsp3) is 0.474. The van der Waals surface area contributed by atoms with Crippen LogP contribution in [-0.4, -0.2) is 55.1 Å². The van der Waals surface area contributed by atoms with Gasteiger partial charge in [-0.2, -0.15) is 0 Å². The summed E-state index contributed by atoms with van der Waals surface area (Å²) in [5.41, 5.74) is 0.810. The fourth-order valence-corrected chi connectivity index (χ4v) is 3.21. The van der Waals surface area contributed by atoms with E-state index in [1.54, 1.807) is 6.20 Å². The van der Waals surface area contributed by atoms with Crippen LogP contribution in [0.25, 0.3) is 11.3 Å². The number of piperazine rings is 1. The smallest absolute Gasteiger partial charge is 0.220 e. The van der Waals surface area contributed by atoms with E-state index in [-0.39, 0.29) is 30.7 Å². The Labute approximate surface area is 183 Å². The summed E-state index contributed by atoms with van der Waals surface area (Å²) < 4.78 is 5.72. The van der Waals surface area contributed by atoms with Crippen molar-refractivity contribution >= 4 is 42.3 Å². The molecule has 3 rings (SSSR count). The number of aryl methyl sites for hydroxylation is 1. The molecular formula is C19H27Cl3N4O2. The lowest BCUT2D eigenvalue weighted by Gasteiger charge is -2.27. The molecule has 0 aliphatic carbocycles. The Hall–Kier alpha value is -1.31. The zero-order valence-electron chi connectivity index (χ0n) is 15.7. The number of rotatable bonds is 8. The predicted octanol–water partition coefficient (Wildman–Crippen LogP) is 3.18. The van der Waals surface area contributed by atoms with Gasteiger partial charge in [-0.05, 0) is 25.1 Å². The molecule has 1 fully saturated rings. The molecule has 1 aromatic heterocycles. The summed E-state index contributed by atoms with van der Waals surface area (Å²) in [7, 11) is 0. The number of carbonyl (C=O) groups excluding carboxylic acids is 1. The van der Waals surface area contributed by atoms with Crippen LogP contribution in [0.15, 0.2) is 34.9 Å². The summed E-state index contributed by atoms with van der Waals surface area (Å²) in [6, 6.07) is 7.47. The zero-order valence-corrected chi connectivity index (χ0v) is 18.0. The Morgan fingerprint density at radius 2 is 2.00 bits per heavy atom. The number of oxazole rings is 1. The average molecular weight is 450 g/mol. The number of nitrogens with zero attached hydrogens (tertiary/aromatic N) is 2. The SMILES string of the molecule is Cl.Cl.O=C(CCc1ncc(-c2ccccc2Cl)o1)NCCCN1CCNCC1. The van der Waals surface area contributed by atoms with Crippen molar-refractivity contribution in [2.45, 2.75) is 19.3 Å². The molecule has 1 aromatic carbocycles. The van der Waals surface area contributed by atoms with E-state index in [0.29, 0.717) is 36.1 Å². The highest BCUT2D eigenvalue weighted by Crippen LogP contribution is 2.28. The molecule has 1 amide bonds. The summed E-state index contributed by atoms with van der Waals surface area (Å²) >= 11 is 6.16. The number of hydrogen-bond donors (Lipinski definition) is 2. The first-order valence-corrected chi connectivity index (χ1v) is 9.49. The number of nitrogens with one attached hydrogen (secondary N) is 2. The van der Waals surface area contributed by atoms with Crippen molar-refractivity contribution in [3.63, 3.8) is 0 Å². The van der Waals surface area contributed by atoms with E-state index in [1.807, 2.05) is 24.3 Å². The Balaban J connectivity index is 0.00000196. The fourth-order valence-electron chi connectivity index (χ4n) is 2.99. The van der Waals surface area contributed by atoms with Crippen LogP contribution in [0.1, 0.15) is 18.7 Å². The molecule has 2 N–H and O–H groups in total. The van der Waals surface area contributed by atoms with Crippen molar-refractivity contribution in [2.24, 2.45) is 0 Å². The van der Waals surface area contributed by atoms with Gasteiger partial charge in [-0.25, -0.2) is 4.98 Å². The number of amides is 1. The summed E-state index contributed by atoms with van der Waals surface area (Å²) in [5.74, 6) is 1.21. The molecule has 1 saturated heterocycles. The minimum atomic E-state index is 0. The van der Waals surface area contributed by atoms with E-state index in [2.05, 4.69) is 20.5 Å². The highest BCUT2D eigenvalue weighted by Gasteiger charge is 2.12. The lowest BCUT2D eigenvalue weighted by Crippen LogP contribution is -2.44. The van der Waals surface area contributed by atoms with Crippen molar-refractivity contribution in [1.82, 2.24) is 20.5 Å². The van der Waals surface area contributed by atoms with Crippen molar-refractivity contribution in [3.8, 4) is 11.3 Å². The third-order valence-corrected chi connectivity index (χ3v) is 4.77. The monoisotopic (exact) mass is 448 g/mol. The van der Waals surface area contributed by atoms with Crippen molar-refractivity contribution < 1.29 is 9.21 Å². The van der Waals surface area contributed by atoms with E-state index < -0.39 is 0 Å². The lowest BCUT2D eigenvalue weighted by atomic mass is 10.2. The number of halogens is 3. The highest BCUT2D eigenvalue weighted by atomic mass is 35.5. The topological polar surface area (TPSA) is 70.4 Å². The van der Waals surface area contributed by atoms with Gasteiger partial charge in [0.05, 0.1) is 11.2 Å². The number of benzene rings is 1. The summed E-state index contributed by atoms with van der Waals surface area (Å²) in [5, 5.41) is 6.93. The van der Waals surface area contributed by atoms with E-state index in [0.717, 1.165) is 44.7 Å². The molecule has 0 unspecified atom stereocenters. The maximum atomic E-state index is 12.0. The molecule has 6 nitrogen and oxygen atoms in total. The van der Waals surface area contributed by atoms with E-state index in [9.17, 15) is 4.79 Å². The van der Waals surface area contributed by atoms with Crippen molar-refractivity contribution in [2.75, 3.05) is 39.3 Å². The molecule has 0 atom stereocenters. The Morgan fingerprint density at radius 1 is 1.25 bits per heavy atom. The molecule has 156 valence electrons. The van der Waals surface area contributed by atoms with E-state index in [1.165, 1.54) is 0 Å². The molecule has 1 aliphatic heterocycles. The lowest BCUT2D eigenvalue weighted by molar-refractivity contribution is -0.121. The van der Waals surface area contributed by atoms with Gasteiger partial charge < -0.3 is 20.0 Å². The van der Waals surface area contributed by atoms with E-state index >= 15 is 0 Å². The largest absolute Gasteiger partial charge is 0.441 e. The number of hydrogen-bond acceptors (Lipinski definition) is 5. The standard InChI is InChI=1S/C19H25ClN4O2.2ClH/c20-16-5-2-1-4-15(16)17-14-23-19(26-17)7-6-18(25)22-8-3-11-24-12-9-21-10-13-24;;/h1-2,4-5,14,21H,3,6-13H2,(H,22,25);2*1H. The van der Waals surface area contributed by atoms with Crippen LogP contribution in [0.4, 0.5) is 0 Å². The first-order chi connectivity index (χ1) is 12.7. The van der Waals surface area contributed by atoms with Gasteiger partial charge in [-0.15, -0.1) is 24.8 Å². The predicted molar refractivity (Wildman–Crippen MR) is 117 cm³/mol. The number of carbonyl (C=O) groups is 1. The van der Waals surface area contributed by atoms with Crippen LogP contribution in [0, 0.1) is 0 Å². The molecule has 9 heteroatoms. The second kappa shape index (κ2) is 13.0. The summed E-state index contributed by atoms with van der Waals surface area (Å²) in [6.07, 6.45) is 3.48. The van der Waals surface area contributed by atoms with Crippen LogP contribution in [0.3, 0.4) is 0 Å². The van der Waals surface area contributed by atoms with Gasteiger partial charge in [0.2, 0.25) is 5.91 Å². The van der Waals surface area contributed by atoms with Gasteiger partial charge in [0.15, 0.2) is 11.7 Å². The summed E-state index contributed by atoms with van der Waals surface area (Å²) in [4.78, 5) is 18.6. The molecule has 0 saturated carbocycles. The van der Waals surface area contributed by atoms with Crippen molar-refractivity contribution in [3.05, 3.63) is 41.4 Å². The molecule has 0 spiro atoms. The Morgan fingerprint density at radius 3 is 2.75 bits per heavy atom. The molecule has 2 aromatic rings. The van der Waals surface area contributed by atoms with Gasteiger partial charge in [-0.1, -0.05) is 23.7 Å². The highest BCUT2D eigenvalue weighted by molar-refractivity contribution is 6.33. The molecular weight excluding hydrogens is 423 g/mol. The molecule has 28 heavy (non-hydrogen) atoms. The van der Waals surface area contributed by atoms with Crippen LogP contribution in [-0.2, 0) is 11.2 Å². The molecule has 2 heterocycles. The molecule has 1 aliphatic rings. The molecule has 0 radical (unpaired) electrons. The van der Waals surface area contributed by atoms with Gasteiger partial charge in [0, 0.05) is 51.1 Å². The van der Waals surface area contributed by atoms with Crippen LogP contribution in [0.2, 0.25) is 5.02 Å². The van der Waals surface area contributed by atoms with Crippen LogP contribution >= 0.6 is 36.4 Å². The first kappa shape index (κ1) is 24.7. The van der Waals surface area contributed by atoms with Gasteiger partial charge in [-0.3, -0.25) is 4.79 Å². The summed E-state index contributed by atoms with van der Waals surface area (Å²) in [6.45, 7) is 6.03.